The van der Waals surface area contributed by atoms with Crippen LogP contribution in [0.25, 0.3) is 10.2 Å². The largest absolute Gasteiger partial charge is 0.380 e. The number of rotatable bonds is 4. The zero-order valence-electron chi connectivity index (χ0n) is 10.8. The second-order valence-electron chi connectivity index (χ2n) is 4.77. The Morgan fingerprint density at radius 3 is 3.11 bits per heavy atom. The molecule has 4 nitrogen and oxygen atoms in total. The molecule has 19 heavy (non-hydrogen) atoms. The molecule has 2 unspecified atom stereocenters. The molecule has 1 aliphatic rings. The number of ketones is 1. The molecule has 1 fully saturated rings. The highest BCUT2D eigenvalue weighted by Crippen LogP contribution is 2.23. The van der Waals surface area contributed by atoms with Crippen molar-refractivity contribution in [3.63, 3.8) is 0 Å². The van der Waals surface area contributed by atoms with E-state index in [0.29, 0.717) is 6.42 Å². The van der Waals surface area contributed by atoms with E-state index >= 15 is 0 Å². The van der Waals surface area contributed by atoms with E-state index in [-0.39, 0.29) is 17.9 Å². The van der Waals surface area contributed by atoms with E-state index in [2.05, 4.69) is 10.3 Å². The number of ether oxygens (including phenoxy) is 1. The predicted octanol–water partition coefficient (Wildman–Crippen LogP) is 1.78. The highest BCUT2D eigenvalue weighted by atomic mass is 32.1. The highest BCUT2D eigenvalue weighted by Gasteiger charge is 2.29. The number of methoxy groups -OCH3 is 1. The van der Waals surface area contributed by atoms with Gasteiger partial charge in [-0.15, -0.1) is 11.3 Å². The van der Waals surface area contributed by atoms with Crippen molar-refractivity contribution in [2.24, 2.45) is 0 Å². The van der Waals surface area contributed by atoms with Crippen LogP contribution in [0.1, 0.15) is 11.4 Å². The number of hydrogen-bond donors (Lipinski definition) is 1. The van der Waals surface area contributed by atoms with Crippen LogP contribution in [-0.2, 0) is 16.0 Å². The van der Waals surface area contributed by atoms with Crippen molar-refractivity contribution in [3.8, 4) is 0 Å². The second-order valence-corrected chi connectivity index (χ2v) is 5.89. The van der Waals surface area contributed by atoms with E-state index in [4.69, 9.17) is 4.74 Å². The van der Waals surface area contributed by atoms with Gasteiger partial charge >= 0.3 is 0 Å². The van der Waals surface area contributed by atoms with E-state index < -0.39 is 0 Å². The minimum atomic E-state index is -0.0861. The number of thiazole rings is 1. The van der Waals surface area contributed by atoms with Gasteiger partial charge in [0.2, 0.25) is 0 Å². The predicted molar refractivity (Wildman–Crippen MR) is 75.5 cm³/mol. The van der Waals surface area contributed by atoms with Crippen LogP contribution < -0.4 is 5.32 Å². The smallest absolute Gasteiger partial charge is 0.156 e. The lowest BCUT2D eigenvalue weighted by molar-refractivity contribution is -0.120. The summed E-state index contributed by atoms with van der Waals surface area (Å²) in [5.41, 5.74) is 0.976. The van der Waals surface area contributed by atoms with E-state index in [1.807, 2.05) is 24.3 Å². The highest BCUT2D eigenvalue weighted by molar-refractivity contribution is 7.18. The molecule has 1 aliphatic heterocycles. The molecule has 1 saturated heterocycles. The van der Waals surface area contributed by atoms with Crippen LogP contribution >= 0.6 is 11.3 Å². The van der Waals surface area contributed by atoms with Gasteiger partial charge in [-0.25, -0.2) is 4.98 Å². The lowest BCUT2D eigenvalue weighted by atomic mass is 10.1. The SMILES string of the molecule is COC1CNC(C(=O)Cc2nc3ccccc3s2)C1. The second kappa shape index (κ2) is 5.36. The summed E-state index contributed by atoms with van der Waals surface area (Å²) in [7, 11) is 1.69. The van der Waals surface area contributed by atoms with E-state index in [1.165, 1.54) is 0 Å². The monoisotopic (exact) mass is 276 g/mol. The summed E-state index contributed by atoms with van der Waals surface area (Å²) in [5, 5.41) is 4.11. The molecule has 0 aliphatic carbocycles. The molecule has 0 spiro atoms. The molecule has 1 aromatic heterocycles. The molecule has 0 bridgehead atoms. The van der Waals surface area contributed by atoms with Gasteiger partial charge in [0.25, 0.3) is 0 Å². The van der Waals surface area contributed by atoms with Crippen molar-refractivity contribution in [3.05, 3.63) is 29.3 Å². The van der Waals surface area contributed by atoms with Crippen LogP contribution in [0.15, 0.2) is 24.3 Å². The van der Waals surface area contributed by atoms with Gasteiger partial charge in [-0.3, -0.25) is 4.79 Å². The van der Waals surface area contributed by atoms with Crippen LogP contribution in [0.4, 0.5) is 0 Å². The number of carbonyl (C=O) groups excluding carboxylic acids is 1. The molecule has 0 saturated carbocycles. The molecule has 2 aromatic rings. The molecular formula is C14H16N2O2S. The maximum atomic E-state index is 12.2. The molecule has 5 heteroatoms. The Balaban J connectivity index is 1.69. The van der Waals surface area contributed by atoms with Crippen molar-refractivity contribution in [2.45, 2.75) is 25.0 Å². The maximum absolute atomic E-state index is 12.2. The summed E-state index contributed by atoms with van der Waals surface area (Å²) in [5.74, 6) is 0.207. The average molecular weight is 276 g/mol. The Kier molecular flexibility index (Phi) is 3.59. The normalized spacial score (nSPS) is 23.0. The number of nitrogens with zero attached hydrogens (tertiary/aromatic N) is 1. The third-order valence-electron chi connectivity index (χ3n) is 3.48. The Morgan fingerprint density at radius 2 is 2.37 bits per heavy atom. The number of aromatic nitrogens is 1. The fourth-order valence-corrected chi connectivity index (χ4v) is 3.37. The fourth-order valence-electron chi connectivity index (χ4n) is 2.40. The van der Waals surface area contributed by atoms with Crippen molar-refractivity contribution in [2.75, 3.05) is 13.7 Å². The Labute approximate surface area is 115 Å². The van der Waals surface area contributed by atoms with Gasteiger partial charge in [0.1, 0.15) is 5.01 Å². The van der Waals surface area contributed by atoms with Crippen LogP contribution in [0.3, 0.4) is 0 Å². The van der Waals surface area contributed by atoms with Crippen molar-refractivity contribution in [1.82, 2.24) is 10.3 Å². The fraction of sp³-hybridized carbons (Fsp3) is 0.429. The Bertz CT molecular complexity index is 563. The van der Waals surface area contributed by atoms with E-state index in [9.17, 15) is 4.79 Å². The van der Waals surface area contributed by atoms with Gasteiger partial charge in [0, 0.05) is 13.7 Å². The lowest BCUT2D eigenvalue weighted by Gasteiger charge is -2.07. The minimum absolute atomic E-state index is 0.0861. The molecular weight excluding hydrogens is 260 g/mol. The minimum Gasteiger partial charge on any atom is -0.380 e. The summed E-state index contributed by atoms with van der Waals surface area (Å²) in [6, 6.07) is 7.89. The van der Waals surface area contributed by atoms with Crippen LogP contribution in [-0.4, -0.2) is 36.6 Å². The van der Waals surface area contributed by atoms with Crippen molar-refractivity contribution >= 4 is 27.3 Å². The Hall–Kier alpha value is -1.30. The lowest BCUT2D eigenvalue weighted by Crippen LogP contribution is -2.31. The van der Waals surface area contributed by atoms with Gasteiger partial charge in [0.05, 0.1) is 28.8 Å². The summed E-state index contributed by atoms with van der Waals surface area (Å²) < 4.78 is 6.40. The van der Waals surface area contributed by atoms with Crippen LogP contribution in [0, 0.1) is 0 Å². The van der Waals surface area contributed by atoms with Crippen LogP contribution in [0.2, 0.25) is 0 Å². The number of carbonyl (C=O) groups is 1. The first-order chi connectivity index (χ1) is 9.26. The molecule has 1 aromatic carbocycles. The number of benzene rings is 1. The first kappa shape index (κ1) is 12.7. The van der Waals surface area contributed by atoms with Crippen LogP contribution in [0.5, 0.6) is 0 Å². The quantitative estimate of drug-likeness (QED) is 0.925. The van der Waals surface area contributed by atoms with E-state index in [1.54, 1.807) is 18.4 Å². The van der Waals surface area contributed by atoms with Gasteiger partial charge in [0.15, 0.2) is 5.78 Å². The summed E-state index contributed by atoms with van der Waals surface area (Å²) >= 11 is 1.60. The standard InChI is InChI=1S/C14H16N2O2S/c1-18-9-6-11(15-8-9)12(17)7-14-16-10-4-2-3-5-13(10)19-14/h2-5,9,11,15H,6-8H2,1H3. The third-order valence-corrected chi connectivity index (χ3v) is 4.51. The zero-order chi connectivity index (χ0) is 13.2. The topological polar surface area (TPSA) is 51.2 Å². The molecule has 3 rings (SSSR count). The zero-order valence-corrected chi connectivity index (χ0v) is 11.6. The van der Waals surface area contributed by atoms with Gasteiger partial charge < -0.3 is 10.1 Å². The third kappa shape index (κ3) is 2.68. The average Bonchev–Trinajstić information content (AvgIpc) is 3.04. The van der Waals surface area contributed by atoms with Crippen molar-refractivity contribution < 1.29 is 9.53 Å². The summed E-state index contributed by atoms with van der Waals surface area (Å²) in [4.78, 5) is 16.7. The number of Topliss-reactive ketones (excluding diaryl/α,β-unsaturated/α-hetero) is 1. The maximum Gasteiger partial charge on any atom is 0.156 e. The van der Waals surface area contributed by atoms with Gasteiger partial charge in [-0.05, 0) is 18.6 Å². The molecule has 2 atom stereocenters. The number of hydrogen-bond acceptors (Lipinski definition) is 5. The first-order valence-corrected chi connectivity index (χ1v) is 7.21. The molecule has 1 N–H and O–H groups in total. The Morgan fingerprint density at radius 1 is 1.53 bits per heavy atom. The number of para-hydroxylation sites is 1. The van der Waals surface area contributed by atoms with Crippen molar-refractivity contribution in [1.29, 1.82) is 0 Å². The molecule has 100 valence electrons. The molecule has 2 heterocycles. The number of nitrogens with one attached hydrogen (secondary N) is 1. The first-order valence-electron chi connectivity index (χ1n) is 6.39. The summed E-state index contributed by atoms with van der Waals surface area (Å²) in [6.07, 6.45) is 1.33. The summed E-state index contributed by atoms with van der Waals surface area (Å²) in [6.45, 7) is 0.757. The van der Waals surface area contributed by atoms with Gasteiger partial charge in [-0.1, -0.05) is 12.1 Å². The van der Waals surface area contributed by atoms with E-state index in [0.717, 1.165) is 28.2 Å². The van der Waals surface area contributed by atoms with Gasteiger partial charge in [-0.2, -0.15) is 0 Å². The number of fused-ring (bicyclic) bond motifs is 1. The molecule has 0 radical (unpaired) electrons. The molecule has 0 amide bonds.